The highest BCUT2D eigenvalue weighted by atomic mass is 35.5. The van der Waals surface area contributed by atoms with E-state index in [4.69, 9.17) is 11.6 Å². The second kappa shape index (κ2) is 3.20. The van der Waals surface area contributed by atoms with Crippen molar-refractivity contribution in [3.05, 3.63) is 22.6 Å². The quantitative estimate of drug-likeness (QED) is 0.685. The van der Waals surface area contributed by atoms with Crippen molar-refractivity contribution in [1.82, 2.24) is 14.8 Å². The SMILES string of the molecule is Cc1nnc(Cl)c2cc3n(c12)CCCC3. The molecule has 0 atom stereocenters. The molecule has 3 rings (SSSR count). The molecular weight excluding hydrogens is 210 g/mol. The molecule has 0 spiro atoms. The number of hydrogen-bond donors (Lipinski definition) is 0. The summed E-state index contributed by atoms with van der Waals surface area (Å²) in [6.07, 6.45) is 3.66. The van der Waals surface area contributed by atoms with E-state index in [1.165, 1.54) is 24.1 Å². The van der Waals surface area contributed by atoms with Gasteiger partial charge in [-0.3, -0.25) is 0 Å². The summed E-state index contributed by atoms with van der Waals surface area (Å²) >= 11 is 6.06. The molecule has 78 valence electrons. The highest BCUT2D eigenvalue weighted by molar-refractivity contribution is 6.34. The normalized spacial score (nSPS) is 15.6. The molecule has 0 fully saturated rings. The van der Waals surface area contributed by atoms with Crippen LogP contribution in [0.25, 0.3) is 10.9 Å². The van der Waals surface area contributed by atoms with Crippen molar-refractivity contribution in [2.45, 2.75) is 32.7 Å². The number of aryl methyl sites for hydroxylation is 3. The van der Waals surface area contributed by atoms with Gasteiger partial charge in [0.15, 0.2) is 5.15 Å². The molecule has 0 bridgehead atoms. The maximum atomic E-state index is 6.06. The zero-order valence-corrected chi connectivity index (χ0v) is 9.38. The second-order valence-electron chi connectivity index (χ2n) is 4.08. The van der Waals surface area contributed by atoms with Crippen LogP contribution in [-0.2, 0) is 13.0 Å². The van der Waals surface area contributed by atoms with E-state index in [1.54, 1.807) is 0 Å². The molecule has 2 aromatic heterocycles. The van der Waals surface area contributed by atoms with Gasteiger partial charge in [0.1, 0.15) is 0 Å². The smallest absolute Gasteiger partial charge is 0.161 e. The van der Waals surface area contributed by atoms with Gasteiger partial charge in [0, 0.05) is 17.6 Å². The topological polar surface area (TPSA) is 30.7 Å². The molecule has 3 heterocycles. The van der Waals surface area contributed by atoms with Gasteiger partial charge in [0.05, 0.1) is 11.2 Å². The van der Waals surface area contributed by atoms with Crippen LogP contribution in [0.2, 0.25) is 5.15 Å². The Morgan fingerprint density at radius 2 is 2.20 bits per heavy atom. The van der Waals surface area contributed by atoms with Crippen LogP contribution in [-0.4, -0.2) is 14.8 Å². The van der Waals surface area contributed by atoms with Crippen LogP contribution >= 0.6 is 11.6 Å². The number of nitrogens with zero attached hydrogens (tertiary/aromatic N) is 3. The molecule has 2 aromatic rings. The molecule has 0 aliphatic carbocycles. The lowest BCUT2D eigenvalue weighted by molar-refractivity contribution is 0.544. The molecule has 4 heteroatoms. The number of halogens is 1. The molecule has 0 saturated carbocycles. The van der Waals surface area contributed by atoms with Gasteiger partial charge in [-0.2, -0.15) is 5.10 Å². The van der Waals surface area contributed by atoms with E-state index in [-0.39, 0.29) is 0 Å². The lowest BCUT2D eigenvalue weighted by Gasteiger charge is -2.16. The van der Waals surface area contributed by atoms with Crippen molar-refractivity contribution in [2.24, 2.45) is 0 Å². The molecule has 0 radical (unpaired) electrons. The fraction of sp³-hybridized carbons (Fsp3) is 0.455. The standard InChI is InChI=1S/C11H12ClN3/c1-7-10-9(11(12)14-13-7)6-8-4-2-3-5-15(8)10/h6H,2-5H2,1H3. The van der Waals surface area contributed by atoms with Gasteiger partial charge in [-0.05, 0) is 32.3 Å². The fourth-order valence-electron chi connectivity index (χ4n) is 2.41. The second-order valence-corrected chi connectivity index (χ2v) is 4.44. The summed E-state index contributed by atoms with van der Waals surface area (Å²) in [5, 5.41) is 9.62. The molecule has 3 nitrogen and oxygen atoms in total. The maximum Gasteiger partial charge on any atom is 0.161 e. The van der Waals surface area contributed by atoms with Crippen LogP contribution in [0.3, 0.4) is 0 Å². The van der Waals surface area contributed by atoms with Crippen LogP contribution < -0.4 is 0 Å². The molecule has 0 N–H and O–H groups in total. The molecule has 0 amide bonds. The minimum absolute atomic E-state index is 0.525. The summed E-state index contributed by atoms with van der Waals surface area (Å²) in [6, 6.07) is 2.17. The van der Waals surface area contributed by atoms with Gasteiger partial charge < -0.3 is 4.57 Å². The number of aromatic nitrogens is 3. The number of rotatable bonds is 0. The predicted molar refractivity (Wildman–Crippen MR) is 60.2 cm³/mol. The summed E-state index contributed by atoms with van der Waals surface area (Å²) in [5.74, 6) is 0. The Morgan fingerprint density at radius 3 is 3.07 bits per heavy atom. The highest BCUT2D eigenvalue weighted by Gasteiger charge is 2.17. The Balaban J connectivity index is 2.41. The Bertz CT molecular complexity index is 530. The van der Waals surface area contributed by atoms with Crippen molar-refractivity contribution < 1.29 is 0 Å². The van der Waals surface area contributed by atoms with E-state index in [0.717, 1.165) is 24.0 Å². The highest BCUT2D eigenvalue weighted by Crippen LogP contribution is 2.29. The summed E-state index contributed by atoms with van der Waals surface area (Å²) in [6.45, 7) is 3.08. The molecule has 1 aliphatic rings. The van der Waals surface area contributed by atoms with Gasteiger partial charge in [-0.25, -0.2) is 0 Å². The zero-order valence-electron chi connectivity index (χ0n) is 8.63. The molecular formula is C11H12ClN3. The van der Waals surface area contributed by atoms with E-state index < -0.39 is 0 Å². The lowest BCUT2D eigenvalue weighted by atomic mass is 10.1. The zero-order chi connectivity index (χ0) is 10.4. The van der Waals surface area contributed by atoms with Crippen LogP contribution in [0.4, 0.5) is 0 Å². The van der Waals surface area contributed by atoms with Crippen molar-refractivity contribution in [2.75, 3.05) is 0 Å². The van der Waals surface area contributed by atoms with E-state index in [2.05, 4.69) is 20.8 Å². The summed E-state index contributed by atoms with van der Waals surface area (Å²) < 4.78 is 2.34. The third-order valence-electron chi connectivity index (χ3n) is 3.10. The fourth-order valence-corrected chi connectivity index (χ4v) is 2.59. The molecule has 0 aromatic carbocycles. The van der Waals surface area contributed by atoms with Gasteiger partial charge in [0.2, 0.25) is 0 Å². The maximum absolute atomic E-state index is 6.06. The van der Waals surface area contributed by atoms with E-state index in [1.807, 2.05) is 6.92 Å². The lowest BCUT2D eigenvalue weighted by Crippen LogP contribution is -2.10. The largest absolute Gasteiger partial charge is 0.343 e. The summed E-state index contributed by atoms with van der Waals surface area (Å²) in [7, 11) is 0. The first-order chi connectivity index (χ1) is 7.27. The van der Waals surface area contributed by atoms with Crippen molar-refractivity contribution in [3.8, 4) is 0 Å². The minimum Gasteiger partial charge on any atom is -0.343 e. The number of fused-ring (bicyclic) bond motifs is 3. The van der Waals surface area contributed by atoms with E-state index in [9.17, 15) is 0 Å². The summed E-state index contributed by atoms with van der Waals surface area (Å²) in [5.41, 5.74) is 3.52. The average molecular weight is 222 g/mol. The van der Waals surface area contributed by atoms with Gasteiger partial charge in [-0.15, -0.1) is 5.10 Å². The van der Waals surface area contributed by atoms with Gasteiger partial charge in [0.25, 0.3) is 0 Å². The van der Waals surface area contributed by atoms with Crippen molar-refractivity contribution in [3.63, 3.8) is 0 Å². The van der Waals surface area contributed by atoms with Crippen molar-refractivity contribution in [1.29, 1.82) is 0 Å². The molecule has 0 saturated heterocycles. The third-order valence-corrected chi connectivity index (χ3v) is 3.38. The van der Waals surface area contributed by atoms with Crippen LogP contribution in [0, 0.1) is 6.92 Å². The monoisotopic (exact) mass is 221 g/mol. The predicted octanol–water partition coefficient (Wildman–Crippen LogP) is 2.73. The molecule has 0 unspecified atom stereocenters. The Labute approximate surface area is 93.1 Å². The van der Waals surface area contributed by atoms with Crippen LogP contribution in [0.1, 0.15) is 24.2 Å². The third kappa shape index (κ3) is 1.26. The Kier molecular flexibility index (Phi) is 1.96. The molecule has 1 aliphatic heterocycles. The Morgan fingerprint density at radius 1 is 1.33 bits per heavy atom. The minimum atomic E-state index is 0.525. The van der Waals surface area contributed by atoms with Crippen LogP contribution in [0.15, 0.2) is 6.07 Å². The Hall–Kier alpha value is -1.09. The summed E-state index contributed by atoms with van der Waals surface area (Å²) in [4.78, 5) is 0. The van der Waals surface area contributed by atoms with E-state index in [0.29, 0.717) is 5.15 Å². The first-order valence-electron chi connectivity index (χ1n) is 5.28. The average Bonchev–Trinajstić information content (AvgIpc) is 2.64. The van der Waals surface area contributed by atoms with E-state index >= 15 is 0 Å². The van der Waals surface area contributed by atoms with Gasteiger partial charge in [-0.1, -0.05) is 11.6 Å². The van der Waals surface area contributed by atoms with Crippen molar-refractivity contribution >= 4 is 22.5 Å². The first-order valence-corrected chi connectivity index (χ1v) is 5.66. The van der Waals surface area contributed by atoms with Crippen LogP contribution in [0.5, 0.6) is 0 Å². The molecule has 15 heavy (non-hydrogen) atoms. The van der Waals surface area contributed by atoms with Gasteiger partial charge >= 0.3 is 0 Å². The number of hydrogen-bond acceptors (Lipinski definition) is 2. The first kappa shape index (κ1) is 9.16.